The molecule has 4 nitrogen and oxygen atoms in total. The van der Waals surface area contributed by atoms with Crippen LogP contribution < -0.4 is 5.11 Å². The van der Waals surface area contributed by atoms with Crippen molar-refractivity contribution in [3.63, 3.8) is 0 Å². The van der Waals surface area contributed by atoms with Crippen molar-refractivity contribution in [3.05, 3.63) is 0 Å². The number of aliphatic carboxylic acids is 1. The molecule has 0 aliphatic heterocycles. The van der Waals surface area contributed by atoms with Crippen molar-refractivity contribution in [3.8, 4) is 0 Å². The molecule has 5 heteroatoms. The molecule has 0 unspecified atom stereocenters. The topological polar surface area (TPSA) is 66.4 Å². The number of esters is 1. The van der Waals surface area contributed by atoms with E-state index in [1.54, 1.807) is 0 Å². The Hall–Kier alpha value is -0.320. The van der Waals surface area contributed by atoms with E-state index in [0.29, 0.717) is 12.8 Å². The van der Waals surface area contributed by atoms with Crippen LogP contribution in [0.2, 0.25) is 0 Å². The van der Waals surface area contributed by atoms with E-state index in [1.807, 2.05) is 20.8 Å². The fourth-order valence-corrected chi connectivity index (χ4v) is 1.28. The van der Waals surface area contributed by atoms with Gasteiger partial charge in [-0.05, 0) is 40.0 Å². The van der Waals surface area contributed by atoms with Gasteiger partial charge in [-0.25, -0.2) is 0 Å². The van der Waals surface area contributed by atoms with Gasteiger partial charge in [-0.2, -0.15) is 0 Å². The van der Waals surface area contributed by atoms with E-state index < -0.39 is 11.6 Å². The number of carboxylic acid groups (broad SMARTS) is 1. The van der Waals surface area contributed by atoms with Crippen LogP contribution >= 0.6 is 0 Å². The van der Waals surface area contributed by atoms with Crippen molar-refractivity contribution in [1.82, 2.24) is 0 Å². The van der Waals surface area contributed by atoms with E-state index in [-0.39, 0.29) is 34.8 Å². The van der Waals surface area contributed by atoms with E-state index in [0.717, 1.165) is 19.3 Å². The molecule has 0 N–H and O–H groups in total. The first-order valence-corrected chi connectivity index (χ1v) is 5.73. The molecule has 17 heavy (non-hydrogen) atoms. The second-order valence-electron chi connectivity index (χ2n) is 4.87. The van der Waals surface area contributed by atoms with Gasteiger partial charge in [-0.3, -0.25) is 4.79 Å². The van der Waals surface area contributed by atoms with E-state index in [2.05, 4.69) is 0 Å². The number of carbonyl (C=O) groups is 2. The van der Waals surface area contributed by atoms with E-state index in [4.69, 9.17) is 4.74 Å². The Balaban J connectivity index is 0. The molecule has 0 aliphatic rings. The Bertz CT molecular complexity index is 233. The van der Waals surface area contributed by atoms with Gasteiger partial charge < -0.3 is 14.6 Å². The van der Waals surface area contributed by atoms with Gasteiger partial charge in [0.2, 0.25) is 0 Å². The molecule has 104 valence electrons. The minimum atomic E-state index is -1.01. The molecule has 0 atom stereocenters. The standard InChI is InChI=1S/C12H22O4.Ag/c1-12(2,3)16-11(15)9-7-5-4-6-8-10(13)14;/h4-9H2,1-3H3,(H,13,14);/q;+1/p-1. The molecule has 0 heterocycles. The number of hydrogen-bond donors (Lipinski definition) is 0. The molecule has 0 radical (unpaired) electrons. The zero-order chi connectivity index (χ0) is 12.6. The first-order chi connectivity index (χ1) is 7.31. The maximum absolute atomic E-state index is 11.3. The summed E-state index contributed by atoms with van der Waals surface area (Å²) in [7, 11) is 0. The fraction of sp³-hybridized carbons (Fsp3) is 0.833. The van der Waals surface area contributed by atoms with Crippen molar-refractivity contribution in [2.45, 2.75) is 64.9 Å². The molecular weight excluding hydrogens is 316 g/mol. The molecule has 0 aromatic carbocycles. The van der Waals surface area contributed by atoms with Crippen LogP contribution in [0.4, 0.5) is 0 Å². The molecule has 0 aromatic rings. The van der Waals surface area contributed by atoms with Crippen LogP contribution in [0.15, 0.2) is 0 Å². The number of carboxylic acids is 1. The van der Waals surface area contributed by atoms with Gasteiger partial charge in [0.1, 0.15) is 5.60 Å². The monoisotopic (exact) mass is 336 g/mol. The zero-order valence-corrected chi connectivity index (χ0v) is 12.2. The summed E-state index contributed by atoms with van der Waals surface area (Å²) in [5, 5.41) is 10.1. The van der Waals surface area contributed by atoms with Crippen LogP contribution in [-0.4, -0.2) is 17.5 Å². The average molecular weight is 337 g/mol. The molecule has 0 aromatic heterocycles. The van der Waals surface area contributed by atoms with Crippen LogP contribution in [0, 0.1) is 0 Å². The zero-order valence-electron chi connectivity index (χ0n) is 10.7. The second-order valence-corrected chi connectivity index (χ2v) is 4.87. The minimum Gasteiger partial charge on any atom is -0.550 e. The maximum Gasteiger partial charge on any atom is 1.00 e. The first-order valence-electron chi connectivity index (χ1n) is 5.73. The molecule has 0 amide bonds. The summed E-state index contributed by atoms with van der Waals surface area (Å²) in [6.07, 6.45) is 3.55. The van der Waals surface area contributed by atoms with Crippen LogP contribution in [-0.2, 0) is 36.7 Å². The molecule has 0 aliphatic carbocycles. The van der Waals surface area contributed by atoms with Crippen molar-refractivity contribution < 1.29 is 41.8 Å². The molecule has 0 spiro atoms. The summed E-state index contributed by atoms with van der Waals surface area (Å²) in [5.74, 6) is -1.19. The Morgan fingerprint density at radius 1 is 1.00 bits per heavy atom. The van der Waals surface area contributed by atoms with E-state index in [9.17, 15) is 14.7 Å². The molecule has 0 fully saturated rings. The Morgan fingerprint density at radius 3 is 1.88 bits per heavy atom. The van der Waals surface area contributed by atoms with E-state index >= 15 is 0 Å². The van der Waals surface area contributed by atoms with Crippen LogP contribution in [0.3, 0.4) is 0 Å². The molecule has 0 rings (SSSR count). The van der Waals surface area contributed by atoms with Gasteiger partial charge >= 0.3 is 28.3 Å². The third-order valence-electron chi connectivity index (χ3n) is 1.93. The normalized spacial score (nSPS) is 10.5. The molecule has 0 saturated carbocycles. The van der Waals surface area contributed by atoms with Gasteiger partial charge in [0.25, 0.3) is 0 Å². The minimum absolute atomic E-state index is 0. The Labute approximate surface area is 119 Å². The number of ether oxygens (including phenoxy) is 1. The smallest absolute Gasteiger partial charge is 0.550 e. The van der Waals surface area contributed by atoms with Gasteiger partial charge in [-0.15, -0.1) is 0 Å². The van der Waals surface area contributed by atoms with E-state index in [1.165, 1.54) is 0 Å². The Kier molecular flexibility index (Phi) is 10.8. The molecule has 0 saturated heterocycles. The maximum atomic E-state index is 11.3. The van der Waals surface area contributed by atoms with Crippen LogP contribution in [0.1, 0.15) is 59.3 Å². The average Bonchev–Trinajstić information content (AvgIpc) is 2.07. The van der Waals surface area contributed by atoms with Gasteiger partial charge in [-0.1, -0.05) is 12.8 Å². The summed E-state index contributed by atoms with van der Waals surface area (Å²) in [4.78, 5) is 21.4. The Morgan fingerprint density at radius 2 is 1.47 bits per heavy atom. The number of unbranched alkanes of at least 4 members (excludes halogenated alkanes) is 3. The van der Waals surface area contributed by atoms with Crippen molar-refractivity contribution in [2.75, 3.05) is 0 Å². The predicted molar refractivity (Wildman–Crippen MR) is 58.6 cm³/mol. The van der Waals surface area contributed by atoms with Crippen molar-refractivity contribution in [2.24, 2.45) is 0 Å². The van der Waals surface area contributed by atoms with Gasteiger partial charge in [0.05, 0.1) is 0 Å². The summed E-state index contributed by atoms with van der Waals surface area (Å²) in [6.45, 7) is 5.51. The van der Waals surface area contributed by atoms with Crippen molar-refractivity contribution in [1.29, 1.82) is 0 Å². The molecule has 0 bridgehead atoms. The summed E-state index contributed by atoms with van der Waals surface area (Å²) in [6, 6.07) is 0. The summed E-state index contributed by atoms with van der Waals surface area (Å²) < 4.78 is 5.14. The SMILES string of the molecule is CC(C)(C)OC(=O)CCCCCCC(=O)[O-].[Ag+]. The van der Waals surface area contributed by atoms with Gasteiger partial charge in [0.15, 0.2) is 0 Å². The van der Waals surface area contributed by atoms with Crippen LogP contribution in [0.25, 0.3) is 0 Å². The van der Waals surface area contributed by atoms with Gasteiger partial charge in [0, 0.05) is 12.4 Å². The van der Waals surface area contributed by atoms with Crippen LogP contribution in [0.5, 0.6) is 0 Å². The van der Waals surface area contributed by atoms with Crippen molar-refractivity contribution >= 4 is 11.9 Å². The number of rotatable bonds is 7. The second kappa shape index (κ2) is 9.68. The third kappa shape index (κ3) is 15.7. The quantitative estimate of drug-likeness (QED) is 0.400. The number of carbonyl (C=O) groups excluding carboxylic acids is 2. The number of hydrogen-bond acceptors (Lipinski definition) is 4. The fourth-order valence-electron chi connectivity index (χ4n) is 1.28. The summed E-state index contributed by atoms with van der Waals surface area (Å²) in [5.41, 5.74) is -0.425. The largest absolute Gasteiger partial charge is 1.00 e. The predicted octanol–water partition coefficient (Wildman–Crippen LogP) is 1.42. The molecular formula is C12H21AgO4. The third-order valence-corrected chi connectivity index (χ3v) is 1.93. The first kappa shape index (κ1) is 19.0. The summed E-state index contributed by atoms with van der Waals surface area (Å²) >= 11 is 0.